The molecule has 3 nitrogen and oxygen atoms in total. The number of halogens is 2. The van der Waals surface area contributed by atoms with E-state index in [2.05, 4.69) is 5.32 Å². The monoisotopic (exact) mass is 287 g/mol. The van der Waals surface area contributed by atoms with Crippen LogP contribution in [0, 0.1) is 5.41 Å². The molecule has 0 radical (unpaired) electrons. The van der Waals surface area contributed by atoms with Gasteiger partial charge in [0.05, 0.1) is 5.41 Å². The lowest BCUT2D eigenvalue weighted by Gasteiger charge is -2.34. The number of hydrogen-bond acceptors (Lipinski definition) is 2. The van der Waals surface area contributed by atoms with Gasteiger partial charge in [-0.15, -0.1) is 0 Å². The minimum atomic E-state index is -0.750. The molecule has 18 heavy (non-hydrogen) atoms. The Labute approximate surface area is 116 Å². The van der Waals surface area contributed by atoms with Gasteiger partial charge < -0.3 is 10.4 Å². The molecule has 0 spiro atoms. The number of benzene rings is 1. The molecule has 0 amide bonds. The summed E-state index contributed by atoms with van der Waals surface area (Å²) >= 11 is 12.1. The molecule has 1 aromatic rings. The molecule has 1 saturated heterocycles. The Hall–Kier alpha value is -0.770. The normalized spacial score (nSPS) is 18.6. The molecular formula is C13H15Cl2NO2. The van der Waals surface area contributed by atoms with Gasteiger partial charge >= 0.3 is 5.97 Å². The van der Waals surface area contributed by atoms with Gasteiger partial charge in [-0.05, 0) is 56.1 Å². The third-order valence-corrected chi connectivity index (χ3v) is 4.15. The molecule has 2 N–H and O–H groups in total. The van der Waals surface area contributed by atoms with E-state index in [1.54, 1.807) is 18.2 Å². The Morgan fingerprint density at radius 3 is 2.61 bits per heavy atom. The molecular weight excluding hydrogens is 273 g/mol. The van der Waals surface area contributed by atoms with Gasteiger partial charge in [0, 0.05) is 10.0 Å². The molecule has 0 saturated carbocycles. The number of nitrogens with one attached hydrogen (secondary N) is 1. The lowest BCUT2D eigenvalue weighted by atomic mass is 9.74. The van der Waals surface area contributed by atoms with Crippen LogP contribution in [0.1, 0.15) is 18.4 Å². The van der Waals surface area contributed by atoms with Crippen molar-refractivity contribution in [2.45, 2.75) is 19.3 Å². The highest BCUT2D eigenvalue weighted by Gasteiger charge is 2.40. The van der Waals surface area contributed by atoms with E-state index in [-0.39, 0.29) is 0 Å². The predicted molar refractivity (Wildman–Crippen MR) is 72.3 cm³/mol. The first-order valence-electron chi connectivity index (χ1n) is 5.92. The smallest absolute Gasteiger partial charge is 0.310 e. The summed E-state index contributed by atoms with van der Waals surface area (Å²) in [6, 6.07) is 5.19. The van der Waals surface area contributed by atoms with Crippen molar-refractivity contribution >= 4 is 29.2 Å². The third-order valence-electron chi connectivity index (χ3n) is 3.55. The van der Waals surface area contributed by atoms with Crippen LogP contribution in [-0.2, 0) is 11.2 Å². The molecule has 5 heteroatoms. The minimum absolute atomic E-state index is 0.434. The zero-order valence-electron chi connectivity index (χ0n) is 9.88. The van der Waals surface area contributed by atoms with Gasteiger partial charge in [-0.3, -0.25) is 4.79 Å². The Balaban J connectivity index is 2.28. The van der Waals surface area contributed by atoms with Crippen molar-refractivity contribution in [3.05, 3.63) is 33.8 Å². The van der Waals surface area contributed by atoms with E-state index in [1.165, 1.54) is 0 Å². The Morgan fingerprint density at radius 2 is 2.00 bits per heavy atom. The highest BCUT2D eigenvalue weighted by molar-refractivity contribution is 6.33. The standard InChI is InChI=1S/C13H15Cl2NO2/c14-10-1-2-11(15)9(7-10)8-13(12(17)18)3-5-16-6-4-13/h1-2,7,16H,3-6,8H2,(H,17,18). The summed E-state index contributed by atoms with van der Waals surface area (Å²) in [6.07, 6.45) is 1.67. The Kier molecular flexibility index (Phi) is 4.15. The minimum Gasteiger partial charge on any atom is -0.481 e. The molecule has 0 aliphatic carbocycles. The van der Waals surface area contributed by atoms with Crippen LogP contribution >= 0.6 is 23.2 Å². The van der Waals surface area contributed by atoms with Crippen LogP contribution in [0.4, 0.5) is 0 Å². The van der Waals surface area contributed by atoms with Gasteiger partial charge in [-0.25, -0.2) is 0 Å². The quantitative estimate of drug-likeness (QED) is 0.899. The number of carbonyl (C=O) groups is 1. The second-order valence-corrected chi connectivity index (χ2v) is 5.59. The first-order chi connectivity index (χ1) is 8.53. The lowest BCUT2D eigenvalue weighted by Crippen LogP contribution is -2.43. The summed E-state index contributed by atoms with van der Waals surface area (Å²) < 4.78 is 0. The Morgan fingerprint density at radius 1 is 1.33 bits per heavy atom. The van der Waals surface area contributed by atoms with Crippen LogP contribution in [0.3, 0.4) is 0 Å². The average molecular weight is 288 g/mol. The van der Waals surface area contributed by atoms with Gasteiger partial charge in [-0.1, -0.05) is 23.2 Å². The molecule has 1 fully saturated rings. The number of aliphatic carboxylic acids is 1. The van der Waals surface area contributed by atoms with Crippen molar-refractivity contribution in [1.29, 1.82) is 0 Å². The maximum absolute atomic E-state index is 11.6. The highest BCUT2D eigenvalue weighted by atomic mass is 35.5. The van der Waals surface area contributed by atoms with Crippen LogP contribution < -0.4 is 5.32 Å². The summed E-state index contributed by atoms with van der Waals surface area (Å²) in [6.45, 7) is 1.45. The fourth-order valence-electron chi connectivity index (χ4n) is 2.41. The summed E-state index contributed by atoms with van der Waals surface area (Å²) in [4.78, 5) is 11.6. The van der Waals surface area contributed by atoms with E-state index in [4.69, 9.17) is 23.2 Å². The van der Waals surface area contributed by atoms with Crippen molar-refractivity contribution in [1.82, 2.24) is 5.32 Å². The number of piperidine rings is 1. The Bertz CT molecular complexity index is 456. The fourth-order valence-corrected chi connectivity index (χ4v) is 2.79. The van der Waals surface area contributed by atoms with Gasteiger partial charge in [-0.2, -0.15) is 0 Å². The number of hydrogen-bond donors (Lipinski definition) is 2. The van der Waals surface area contributed by atoms with Crippen LogP contribution in [-0.4, -0.2) is 24.2 Å². The molecule has 98 valence electrons. The van der Waals surface area contributed by atoms with E-state index in [0.29, 0.717) is 29.3 Å². The maximum Gasteiger partial charge on any atom is 0.310 e. The van der Waals surface area contributed by atoms with E-state index >= 15 is 0 Å². The van der Waals surface area contributed by atoms with Crippen LogP contribution in [0.5, 0.6) is 0 Å². The molecule has 1 aliphatic heterocycles. The van der Waals surface area contributed by atoms with Crippen LogP contribution in [0.15, 0.2) is 18.2 Å². The molecule has 1 heterocycles. The van der Waals surface area contributed by atoms with Crippen molar-refractivity contribution in [3.8, 4) is 0 Å². The first kappa shape index (κ1) is 13.7. The van der Waals surface area contributed by atoms with E-state index < -0.39 is 11.4 Å². The maximum atomic E-state index is 11.6. The van der Waals surface area contributed by atoms with E-state index in [1.807, 2.05) is 0 Å². The number of carboxylic acid groups (broad SMARTS) is 1. The van der Waals surface area contributed by atoms with Gasteiger partial charge in [0.2, 0.25) is 0 Å². The van der Waals surface area contributed by atoms with Crippen molar-refractivity contribution in [3.63, 3.8) is 0 Å². The lowest BCUT2D eigenvalue weighted by molar-refractivity contribution is -0.150. The fraction of sp³-hybridized carbons (Fsp3) is 0.462. The highest BCUT2D eigenvalue weighted by Crippen LogP contribution is 2.36. The van der Waals surface area contributed by atoms with Crippen molar-refractivity contribution in [2.75, 3.05) is 13.1 Å². The molecule has 0 atom stereocenters. The zero-order chi connectivity index (χ0) is 13.2. The molecule has 1 aliphatic rings. The average Bonchev–Trinajstić information content (AvgIpc) is 2.35. The van der Waals surface area contributed by atoms with Crippen LogP contribution in [0.25, 0.3) is 0 Å². The topological polar surface area (TPSA) is 49.3 Å². The molecule has 0 unspecified atom stereocenters. The second-order valence-electron chi connectivity index (χ2n) is 4.75. The molecule has 2 rings (SSSR count). The van der Waals surface area contributed by atoms with Gasteiger partial charge in [0.1, 0.15) is 0 Å². The largest absolute Gasteiger partial charge is 0.481 e. The number of rotatable bonds is 3. The van der Waals surface area contributed by atoms with E-state index in [9.17, 15) is 9.90 Å². The van der Waals surface area contributed by atoms with Gasteiger partial charge in [0.25, 0.3) is 0 Å². The summed E-state index contributed by atoms with van der Waals surface area (Å²) in [7, 11) is 0. The molecule has 0 aromatic heterocycles. The van der Waals surface area contributed by atoms with Crippen LogP contribution in [0.2, 0.25) is 10.0 Å². The predicted octanol–water partition coefficient (Wildman–Crippen LogP) is 2.99. The zero-order valence-corrected chi connectivity index (χ0v) is 11.4. The molecule has 0 bridgehead atoms. The SMILES string of the molecule is O=C(O)C1(Cc2cc(Cl)ccc2Cl)CCNCC1. The van der Waals surface area contributed by atoms with Crippen molar-refractivity contribution in [2.24, 2.45) is 5.41 Å². The first-order valence-corrected chi connectivity index (χ1v) is 6.67. The second kappa shape index (κ2) is 5.47. The summed E-state index contributed by atoms with van der Waals surface area (Å²) in [5, 5.41) is 13.9. The summed E-state index contributed by atoms with van der Waals surface area (Å²) in [5.74, 6) is -0.750. The van der Waals surface area contributed by atoms with E-state index in [0.717, 1.165) is 18.7 Å². The summed E-state index contributed by atoms with van der Waals surface area (Å²) in [5.41, 5.74) is 0.0907. The number of carboxylic acids is 1. The van der Waals surface area contributed by atoms with Crippen molar-refractivity contribution < 1.29 is 9.90 Å². The molecule has 1 aromatic carbocycles. The van der Waals surface area contributed by atoms with Gasteiger partial charge in [0.15, 0.2) is 0 Å². The third kappa shape index (κ3) is 2.79.